The van der Waals surface area contributed by atoms with Gasteiger partial charge in [-0.15, -0.1) is 0 Å². The lowest BCUT2D eigenvalue weighted by molar-refractivity contribution is -0.134. The highest BCUT2D eigenvalue weighted by Gasteiger charge is 2.52. The molecule has 2 fully saturated rings. The highest BCUT2D eigenvalue weighted by Crippen LogP contribution is 2.38. The van der Waals surface area contributed by atoms with E-state index >= 15 is 0 Å². The number of ether oxygens (including phenoxy) is 1. The van der Waals surface area contributed by atoms with Crippen molar-refractivity contribution in [2.24, 2.45) is 0 Å². The molecule has 2 aliphatic rings. The summed E-state index contributed by atoms with van der Waals surface area (Å²) in [6.07, 6.45) is 1.63. The molecule has 0 aliphatic carbocycles. The standard InChI is InChI=1S/C31H37N3O4S/c1-22-19-28(38-4)23(2)24(3)29(22)39(36,37)33-17-15-31(16-18-33)32-27(20-25-11-7-5-8-12-25)30(35)34(31)21-26-13-9-6-10-14-26/h5-14,19,27,32H,15-18,20-21H2,1-4H3. The third-order valence-electron chi connectivity index (χ3n) is 8.34. The van der Waals surface area contributed by atoms with Gasteiger partial charge in [-0.25, -0.2) is 8.42 Å². The second-order valence-electron chi connectivity index (χ2n) is 10.7. The van der Waals surface area contributed by atoms with E-state index in [9.17, 15) is 13.2 Å². The summed E-state index contributed by atoms with van der Waals surface area (Å²) in [5, 5.41) is 3.67. The normalized spacial score (nSPS) is 19.5. The van der Waals surface area contributed by atoms with Gasteiger partial charge in [-0.3, -0.25) is 10.1 Å². The van der Waals surface area contributed by atoms with Crippen molar-refractivity contribution in [2.75, 3.05) is 20.2 Å². The number of rotatable bonds is 7. The zero-order valence-corrected chi connectivity index (χ0v) is 23.9. The van der Waals surface area contributed by atoms with Crippen molar-refractivity contribution in [2.45, 2.75) is 63.2 Å². The lowest BCUT2D eigenvalue weighted by Crippen LogP contribution is -2.59. The van der Waals surface area contributed by atoms with E-state index in [4.69, 9.17) is 4.74 Å². The molecule has 1 atom stereocenters. The first-order chi connectivity index (χ1) is 18.7. The minimum absolute atomic E-state index is 0.0662. The third-order valence-corrected chi connectivity index (χ3v) is 10.5. The topological polar surface area (TPSA) is 79.0 Å². The first-order valence-corrected chi connectivity index (χ1v) is 14.9. The molecule has 1 spiro atoms. The Kier molecular flexibility index (Phi) is 7.55. The van der Waals surface area contributed by atoms with Crippen molar-refractivity contribution in [3.63, 3.8) is 0 Å². The van der Waals surface area contributed by atoms with E-state index < -0.39 is 15.7 Å². The molecule has 7 nitrogen and oxygen atoms in total. The average Bonchev–Trinajstić information content (AvgIpc) is 3.17. The lowest BCUT2D eigenvalue weighted by atomic mass is 9.96. The fourth-order valence-electron chi connectivity index (χ4n) is 6.12. The van der Waals surface area contributed by atoms with Gasteiger partial charge in [-0.05, 0) is 73.9 Å². The minimum atomic E-state index is -3.72. The molecule has 3 aromatic carbocycles. The zero-order chi connectivity index (χ0) is 27.8. The number of nitrogens with one attached hydrogen (secondary N) is 1. The molecular formula is C31H37N3O4S. The Labute approximate surface area is 231 Å². The Hall–Kier alpha value is -3.20. The van der Waals surface area contributed by atoms with E-state index in [1.54, 1.807) is 17.5 Å². The maximum Gasteiger partial charge on any atom is 0.243 e. The summed E-state index contributed by atoms with van der Waals surface area (Å²) < 4.78 is 34.9. The largest absolute Gasteiger partial charge is 0.496 e. The fourth-order valence-corrected chi connectivity index (χ4v) is 8.04. The Morgan fingerprint density at radius 1 is 0.923 bits per heavy atom. The lowest BCUT2D eigenvalue weighted by Gasteiger charge is -2.44. The second kappa shape index (κ2) is 10.8. The first kappa shape index (κ1) is 27.4. The van der Waals surface area contributed by atoms with Gasteiger partial charge in [-0.2, -0.15) is 4.31 Å². The zero-order valence-electron chi connectivity index (χ0n) is 23.1. The highest BCUT2D eigenvalue weighted by atomic mass is 32.2. The molecule has 2 heterocycles. The predicted octanol–water partition coefficient (Wildman–Crippen LogP) is 4.34. The molecule has 2 aliphatic heterocycles. The number of hydrogen-bond acceptors (Lipinski definition) is 5. The van der Waals surface area contributed by atoms with Gasteiger partial charge in [-0.1, -0.05) is 60.7 Å². The molecule has 39 heavy (non-hydrogen) atoms. The SMILES string of the molecule is COc1cc(C)c(S(=O)(=O)N2CCC3(CC2)NC(Cc2ccccc2)C(=O)N3Cc2ccccc2)c(C)c1C. The van der Waals surface area contributed by atoms with Crippen LogP contribution in [0.5, 0.6) is 5.75 Å². The number of piperidine rings is 1. The summed E-state index contributed by atoms with van der Waals surface area (Å²) in [6, 6.07) is 21.5. The van der Waals surface area contributed by atoms with Crippen LogP contribution in [0.2, 0.25) is 0 Å². The quantitative estimate of drug-likeness (QED) is 0.476. The molecule has 206 valence electrons. The van der Waals surface area contributed by atoms with E-state index in [-0.39, 0.29) is 11.9 Å². The van der Waals surface area contributed by atoms with Crippen molar-refractivity contribution in [1.29, 1.82) is 0 Å². The van der Waals surface area contributed by atoms with Gasteiger partial charge < -0.3 is 9.64 Å². The van der Waals surface area contributed by atoms with Crippen molar-refractivity contribution in [3.8, 4) is 5.75 Å². The van der Waals surface area contributed by atoms with Gasteiger partial charge in [0.1, 0.15) is 5.75 Å². The molecule has 0 radical (unpaired) electrons. The number of carbonyl (C=O) groups is 1. The van der Waals surface area contributed by atoms with E-state index in [1.807, 2.05) is 86.3 Å². The Bertz CT molecular complexity index is 1450. The smallest absolute Gasteiger partial charge is 0.243 e. The van der Waals surface area contributed by atoms with Gasteiger partial charge in [0, 0.05) is 19.6 Å². The minimum Gasteiger partial charge on any atom is -0.496 e. The molecule has 3 aromatic rings. The van der Waals surface area contributed by atoms with Crippen LogP contribution >= 0.6 is 0 Å². The van der Waals surface area contributed by atoms with E-state index in [2.05, 4.69) is 5.32 Å². The molecular weight excluding hydrogens is 510 g/mol. The molecule has 0 saturated carbocycles. The van der Waals surface area contributed by atoms with Gasteiger partial charge in [0.25, 0.3) is 0 Å². The Morgan fingerprint density at radius 3 is 2.10 bits per heavy atom. The van der Waals surface area contributed by atoms with Crippen LogP contribution in [-0.4, -0.2) is 55.4 Å². The van der Waals surface area contributed by atoms with E-state index in [1.165, 1.54) is 0 Å². The van der Waals surface area contributed by atoms with Gasteiger partial charge in [0.05, 0.1) is 23.7 Å². The molecule has 1 unspecified atom stereocenters. The number of amides is 1. The van der Waals surface area contributed by atoms with Crippen LogP contribution in [0.4, 0.5) is 0 Å². The summed E-state index contributed by atoms with van der Waals surface area (Å²) in [7, 11) is -2.12. The molecule has 1 amide bonds. The number of methoxy groups -OCH3 is 1. The molecule has 1 N–H and O–H groups in total. The number of nitrogens with zero attached hydrogens (tertiary/aromatic N) is 2. The average molecular weight is 548 g/mol. The number of hydrogen-bond donors (Lipinski definition) is 1. The predicted molar refractivity (Wildman–Crippen MR) is 152 cm³/mol. The van der Waals surface area contributed by atoms with Crippen LogP contribution in [0.15, 0.2) is 71.6 Å². The maximum absolute atomic E-state index is 13.9. The van der Waals surface area contributed by atoms with Gasteiger partial charge >= 0.3 is 0 Å². The van der Waals surface area contributed by atoms with Crippen LogP contribution < -0.4 is 10.1 Å². The van der Waals surface area contributed by atoms with E-state index in [0.29, 0.717) is 55.1 Å². The highest BCUT2D eigenvalue weighted by molar-refractivity contribution is 7.89. The van der Waals surface area contributed by atoms with Gasteiger partial charge in [0.15, 0.2) is 0 Å². The van der Waals surface area contributed by atoms with Gasteiger partial charge in [0.2, 0.25) is 15.9 Å². The van der Waals surface area contributed by atoms with Crippen LogP contribution in [0, 0.1) is 20.8 Å². The summed E-state index contributed by atoms with van der Waals surface area (Å²) in [5.41, 5.74) is 3.78. The summed E-state index contributed by atoms with van der Waals surface area (Å²) in [4.78, 5) is 16.1. The summed E-state index contributed by atoms with van der Waals surface area (Å²) in [5.74, 6) is 0.757. The van der Waals surface area contributed by atoms with Crippen LogP contribution in [0.3, 0.4) is 0 Å². The van der Waals surface area contributed by atoms with E-state index in [0.717, 1.165) is 22.3 Å². The number of benzene rings is 3. The molecule has 8 heteroatoms. The molecule has 2 saturated heterocycles. The van der Waals surface area contributed by atoms with Crippen molar-refractivity contribution >= 4 is 15.9 Å². The third kappa shape index (κ3) is 5.09. The van der Waals surface area contributed by atoms with Crippen molar-refractivity contribution in [3.05, 3.63) is 94.5 Å². The fraction of sp³-hybridized carbons (Fsp3) is 0.387. The molecule has 5 rings (SSSR count). The van der Waals surface area contributed by atoms with Crippen molar-refractivity contribution < 1.29 is 17.9 Å². The second-order valence-corrected chi connectivity index (χ2v) is 12.6. The Morgan fingerprint density at radius 2 is 1.51 bits per heavy atom. The summed E-state index contributed by atoms with van der Waals surface area (Å²) in [6.45, 7) is 6.70. The van der Waals surface area contributed by atoms with Crippen LogP contribution in [0.1, 0.15) is 40.7 Å². The number of sulfonamides is 1. The molecule has 0 aromatic heterocycles. The summed E-state index contributed by atoms with van der Waals surface area (Å²) >= 11 is 0. The van der Waals surface area contributed by atoms with Crippen LogP contribution in [-0.2, 0) is 27.8 Å². The Balaban J connectivity index is 1.42. The number of aryl methyl sites for hydroxylation is 1. The first-order valence-electron chi connectivity index (χ1n) is 13.5. The van der Waals surface area contributed by atoms with Crippen LogP contribution in [0.25, 0.3) is 0 Å². The number of carbonyl (C=O) groups excluding carboxylic acids is 1. The molecule has 0 bridgehead atoms. The maximum atomic E-state index is 13.9. The monoisotopic (exact) mass is 547 g/mol. The van der Waals surface area contributed by atoms with Crippen molar-refractivity contribution in [1.82, 2.24) is 14.5 Å².